The number of aromatic nitrogens is 2. The molecule has 4 heteroatoms. The molecule has 0 aliphatic heterocycles. The summed E-state index contributed by atoms with van der Waals surface area (Å²) in [6, 6.07) is 29.7. The first-order chi connectivity index (χ1) is 22.8. The number of aryl methyl sites for hydroxylation is 3. The maximum absolute atomic E-state index is 2.37. The van der Waals surface area contributed by atoms with Gasteiger partial charge in [-0.25, -0.2) is 9.13 Å². The molecule has 0 saturated carbocycles. The average molecular weight is 771 g/mol. The van der Waals surface area contributed by atoms with E-state index < -0.39 is 0 Å². The van der Waals surface area contributed by atoms with Crippen LogP contribution in [0.3, 0.4) is 0 Å². The van der Waals surface area contributed by atoms with Crippen LogP contribution in [-0.4, -0.2) is 0 Å². The van der Waals surface area contributed by atoms with E-state index in [1.54, 1.807) is 0 Å². The molecule has 2 nitrogen and oxygen atoms in total. The lowest BCUT2D eigenvalue weighted by Crippen LogP contribution is -3.00. The zero-order valence-corrected chi connectivity index (χ0v) is 32.2. The van der Waals surface area contributed by atoms with Gasteiger partial charge < -0.3 is 34.0 Å². The van der Waals surface area contributed by atoms with Crippen molar-refractivity contribution < 1.29 is 43.1 Å². The quantitative estimate of drug-likeness (QED) is 0.0580. The summed E-state index contributed by atoms with van der Waals surface area (Å²) in [6.45, 7) is 4.51. The van der Waals surface area contributed by atoms with E-state index >= 15 is 0 Å². The molecule has 6 aromatic rings. The van der Waals surface area contributed by atoms with E-state index in [0.717, 1.165) is 19.5 Å². The number of nitrogens with zero attached hydrogens (tertiary/aromatic N) is 2. The number of halogens is 2. The molecule has 0 fully saturated rings. The van der Waals surface area contributed by atoms with Crippen LogP contribution in [0.25, 0.3) is 43.4 Å². The van der Waals surface area contributed by atoms with E-state index in [0.29, 0.717) is 0 Å². The van der Waals surface area contributed by atoms with Crippen LogP contribution in [0.4, 0.5) is 0 Å². The normalized spacial score (nSPS) is 11.3. The Bertz CT molecular complexity index is 1760. The average Bonchev–Trinajstić information content (AvgIpc) is 3.10. The van der Waals surface area contributed by atoms with Gasteiger partial charge >= 0.3 is 0 Å². The van der Waals surface area contributed by atoms with Crippen molar-refractivity contribution in [3.8, 4) is 11.1 Å². The van der Waals surface area contributed by atoms with Crippen molar-refractivity contribution in [2.24, 2.45) is 0 Å². The second kappa shape index (κ2) is 20.0. The lowest BCUT2D eigenvalue weighted by molar-refractivity contribution is -0.697. The number of hydrogen-bond acceptors (Lipinski definition) is 0. The molecule has 0 amide bonds. The summed E-state index contributed by atoms with van der Waals surface area (Å²) in [5, 5.41) is 8.39. The molecular weight excluding hydrogens is 716 g/mol. The molecular formula is C44H54Br2N2. The van der Waals surface area contributed by atoms with E-state index in [9.17, 15) is 0 Å². The predicted molar refractivity (Wildman–Crippen MR) is 196 cm³/mol. The number of pyridine rings is 2. The summed E-state index contributed by atoms with van der Waals surface area (Å²) in [5.74, 6) is 0. The minimum atomic E-state index is 0. The number of rotatable bonds is 19. The van der Waals surface area contributed by atoms with Gasteiger partial charge in [0.05, 0.1) is 0 Å². The maximum atomic E-state index is 2.37. The predicted octanol–water partition coefficient (Wildman–Crippen LogP) is 5.56. The number of benzene rings is 4. The Hall–Kier alpha value is -2.82. The highest BCUT2D eigenvalue weighted by Gasteiger charge is 2.11. The van der Waals surface area contributed by atoms with Gasteiger partial charge in [-0.3, -0.25) is 0 Å². The minimum Gasteiger partial charge on any atom is -1.00 e. The highest BCUT2D eigenvalue weighted by atomic mass is 79.9. The van der Waals surface area contributed by atoms with Crippen molar-refractivity contribution in [2.75, 3.05) is 0 Å². The smallest absolute Gasteiger partial charge is 0.169 e. The van der Waals surface area contributed by atoms with Crippen LogP contribution in [0.1, 0.15) is 102 Å². The van der Waals surface area contributed by atoms with Crippen molar-refractivity contribution in [1.29, 1.82) is 0 Å². The second-order valence-corrected chi connectivity index (χ2v) is 13.6. The molecule has 0 atom stereocenters. The Kier molecular flexibility index (Phi) is 15.8. The topological polar surface area (TPSA) is 7.76 Å². The molecule has 2 heterocycles. The third-order valence-electron chi connectivity index (χ3n) is 10.1. The van der Waals surface area contributed by atoms with Gasteiger partial charge in [0.15, 0.2) is 24.8 Å². The van der Waals surface area contributed by atoms with Crippen LogP contribution >= 0.6 is 0 Å². The second-order valence-electron chi connectivity index (χ2n) is 13.6. The Morgan fingerprint density at radius 1 is 0.417 bits per heavy atom. The Morgan fingerprint density at radius 3 is 1.40 bits per heavy atom. The van der Waals surface area contributed by atoms with Gasteiger partial charge in [0.25, 0.3) is 0 Å². The highest BCUT2D eigenvalue weighted by molar-refractivity contribution is 6.23. The molecule has 0 N–H and O–H groups in total. The first kappa shape index (κ1) is 38.0. The summed E-state index contributed by atoms with van der Waals surface area (Å²) < 4.78 is 4.69. The Labute approximate surface area is 310 Å². The van der Waals surface area contributed by atoms with Crippen LogP contribution in [0.2, 0.25) is 0 Å². The van der Waals surface area contributed by atoms with Gasteiger partial charge in [-0.15, -0.1) is 0 Å². The zero-order valence-electron chi connectivity index (χ0n) is 29.0. The van der Waals surface area contributed by atoms with Crippen molar-refractivity contribution in [3.63, 3.8) is 0 Å². The summed E-state index contributed by atoms with van der Waals surface area (Å²) in [5.41, 5.74) is 4.11. The van der Waals surface area contributed by atoms with E-state index in [-0.39, 0.29) is 34.0 Å². The molecule has 0 radical (unpaired) electrons. The summed E-state index contributed by atoms with van der Waals surface area (Å²) in [7, 11) is 0. The largest absolute Gasteiger partial charge is 1.00 e. The molecule has 0 aliphatic rings. The first-order valence-electron chi connectivity index (χ1n) is 18.4. The molecule has 6 rings (SSSR count). The van der Waals surface area contributed by atoms with Crippen LogP contribution in [0, 0.1) is 0 Å². The summed E-state index contributed by atoms with van der Waals surface area (Å²) >= 11 is 0. The molecule has 4 aromatic carbocycles. The molecule has 0 spiro atoms. The Balaban J connectivity index is 0.00000260. The maximum Gasteiger partial charge on any atom is 0.169 e. The van der Waals surface area contributed by atoms with Crippen molar-refractivity contribution in [2.45, 2.75) is 116 Å². The standard InChI is InChI=1S/C44H54N2.2BrH/c1-2-3-4-5-6-7-8-9-11-14-30-45-32-26-36(27-33-45)37-28-34-46(35-29-37)31-15-12-10-13-17-38-20-21-41-23-22-39-18-16-19-40-24-25-42(38)44(41)43(39)40;;/h16,18-29,32-35H,2-15,17,30-31H2,1H3;2*1H/q+2;;/p-2. The fourth-order valence-electron chi connectivity index (χ4n) is 7.36. The lowest BCUT2D eigenvalue weighted by atomic mass is 9.90. The van der Waals surface area contributed by atoms with Gasteiger partial charge in [0, 0.05) is 37.1 Å². The third kappa shape index (κ3) is 10.1. The van der Waals surface area contributed by atoms with Crippen LogP contribution in [-0.2, 0) is 19.5 Å². The van der Waals surface area contributed by atoms with Gasteiger partial charge in [-0.2, -0.15) is 0 Å². The number of unbranched alkanes of at least 4 members (excludes halogenated alkanes) is 12. The van der Waals surface area contributed by atoms with E-state index in [1.807, 2.05) is 0 Å². The monoisotopic (exact) mass is 768 g/mol. The van der Waals surface area contributed by atoms with Gasteiger partial charge in [-0.1, -0.05) is 119 Å². The van der Waals surface area contributed by atoms with Gasteiger partial charge in [-0.05, 0) is 74.7 Å². The van der Waals surface area contributed by atoms with Crippen LogP contribution < -0.4 is 43.1 Å². The highest BCUT2D eigenvalue weighted by Crippen LogP contribution is 2.36. The van der Waals surface area contributed by atoms with E-state index in [1.165, 1.54) is 139 Å². The molecule has 0 unspecified atom stereocenters. The van der Waals surface area contributed by atoms with E-state index in [2.05, 4.69) is 120 Å². The van der Waals surface area contributed by atoms with Crippen LogP contribution in [0.5, 0.6) is 0 Å². The van der Waals surface area contributed by atoms with Gasteiger partial charge in [0.2, 0.25) is 0 Å². The number of hydrogen-bond donors (Lipinski definition) is 0. The molecule has 2 aromatic heterocycles. The Morgan fingerprint density at radius 2 is 0.854 bits per heavy atom. The summed E-state index contributed by atoms with van der Waals surface area (Å²) in [6.07, 6.45) is 29.1. The SMILES string of the molecule is CCCCCCCCCCCC[n+]1ccc(-c2cc[n+](CCCCCCc3ccc4ccc5cccc6ccc3c4c56)cc2)cc1.[Br-].[Br-]. The summed E-state index contributed by atoms with van der Waals surface area (Å²) in [4.78, 5) is 0. The zero-order chi connectivity index (χ0) is 31.4. The molecule has 0 saturated heterocycles. The van der Waals surface area contributed by atoms with Gasteiger partial charge in [0.1, 0.15) is 13.1 Å². The fraction of sp³-hybridized carbons (Fsp3) is 0.409. The third-order valence-corrected chi connectivity index (χ3v) is 10.1. The van der Waals surface area contributed by atoms with Crippen molar-refractivity contribution in [3.05, 3.63) is 109 Å². The van der Waals surface area contributed by atoms with Crippen molar-refractivity contribution >= 4 is 32.3 Å². The fourth-order valence-corrected chi connectivity index (χ4v) is 7.36. The minimum absolute atomic E-state index is 0. The molecule has 0 aliphatic carbocycles. The van der Waals surface area contributed by atoms with Crippen molar-refractivity contribution in [1.82, 2.24) is 0 Å². The molecule has 0 bridgehead atoms. The molecule has 48 heavy (non-hydrogen) atoms. The van der Waals surface area contributed by atoms with Crippen LogP contribution in [0.15, 0.2) is 104 Å². The molecule has 254 valence electrons. The van der Waals surface area contributed by atoms with E-state index in [4.69, 9.17) is 0 Å². The first-order valence-corrected chi connectivity index (χ1v) is 18.4. The lowest BCUT2D eigenvalue weighted by Gasteiger charge is -2.13.